The van der Waals surface area contributed by atoms with Crippen LogP contribution in [0.1, 0.15) is 18.1 Å². The third-order valence-electron chi connectivity index (χ3n) is 5.00. The molecule has 174 valence electrons. The molecule has 0 saturated heterocycles. The number of aromatic hydroxyl groups is 1. The van der Waals surface area contributed by atoms with Gasteiger partial charge in [-0.15, -0.1) is 0 Å². The molecule has 0 aliphatic rings. The van der Waals surface area contributed by atoms with Crippen LogP contribution in [0.15, 0.2) is 65.1 Å². The van der Waals surface area contributed by atoms with E-state index in [-0.39, 0.29) is 24.5 Å². The predicted molar refractivity (Wildman–Crippen MR) is 133 cm³/mol. The van der Waals surface area contributed by atoms with Gasteiger partial charge >= 0.3 is 12.1 Å². The molecule has 0 aliphatic heterocycles. The number of esters is 1. The van der Waals surface area contributed by atoms with E-state index < -0.39 is 24.3 Å². The first-order chi connectivity index (χ1) is 15.9. The highest BCUT2D eigenvalue weighted by Gasteiger charge is 2.29. The minimum Gasteiger partial charge on any atom is -0.507 e. The second kappa shape index (κ2) is 11.9. The summed E-state index contributed by atoms with van der Waals surface area (Å²) in [5.74, 6) is -0.367. The Balaban J connectivity index is 1.90. The van der Waals surface area contributed by atoms with Gasteiger partial charge in [0.25, 0.3) is 0 Å². The highest BCUT2D eigenvalue weighted by Crippen LogP contribution is 2.35. The molecule has 2 N–H and O–H groups in total. The maximum atomic E-state index is 12.8. The second-order valence-electron chi connectivity index (χ2n) is 7.12. The summed E-state index contributed by atoms with van der Waals surface area (Å²) in [7, 11) is 1.50. The van der Waals surface area contributed by atoms with Gasteiger partial charge in [-0.05, 0) is 35.7 Å². The van der Waals surface area contributed by atoms with E-state index in [1.165, 1.54) is 7.11 Å². The third-order valence-corrected chi connectivity index (χ3v) is 5.79. The van der Waals surface area contributed by atoms with Crippen molar-refractivity contribution in [1.29, 1.82) is 0 Å². The number of carbonyl (C=O) groups is 2. The normalized spacial score (nSPS) is 12.7. The molecule has 0 aliphatic carbocycles. The van der Waals surface area contributed by atoms with E-state index >= 15 is 0 Å². The maximum absolute atomic E-state index is 12.8. The third kappa shape index (κ3) is 6.63. The maximum Gasteiger partial charge on any atom is 0.412 e. The van der Waals surface area contributed by atoms with Crippen molar-refractivity contribution in [2.45, 2.75) is 18.6 Å². The largest absolute Gasteiger partial charge is 0.507 e. The number of amides is 1. The molecule has 0 radical (unpaired) electrons. The Hall–Kier alpha value is -2.75. The van der Waals surface area contributed by atoms with Crippen molar-refractivity contribution in [1.82, 2.24) is 0 Å². The lowest BCUT2D eigenvalue weighted by atomic mass is 9.95. The Bertz CT molecular complexity index is 1110. The molecule has 0 heterocycles. The summed E-state index contributed by atoms with van der Waals surface area (Å²) >= 11 is 7.26. The van der Waals surface area contributed by atoms with E-state index in [1.54, 1.807) is 42.5 Å². The Morgan fingerprint density at radius 2 is 1.76 bits per heavy atom. The summed E-state index contributed by atoms with van der Waals surface area (Å²) in [6, 6.07) is 17.6. The van der Waals surface area contributed by atoms with Gasteiger partial charge in [-0.2, -0.15) is 12.6 Å². The van der Waals surface area contributed by atoms with E-state index in [9.17, 15) is 14.7 Å². The van der Waals surface area contributed by atoms with Crippen LogP contribution in [0.5, 0.6) is 5.75 Å². The fourth-order valence-corrected chi connectivity index (χ4v) is 3.77. The number of benzene rings is 3. The van der Waals surface area contributed by atoms with Crippen molar-refractivity contribution >= 4 is 57.1 Å². The number of thiol groups is 1. The number of ether oxygens (including phenoxy) is 3. The Labute approximate surface area is 205 Å². The van der Waals surface area contributed by atoms with Crippen molar-refractivity contribution in [2.24, 2.45) is 0 Å². The summed E-state index contributed by atoms with van der Waals surface area (Å²) in [5, 5.41) is 14.3. The number of carbonyl (C=O) groups excluding carboxylic acids is 2. The van der Waals surface area contributed by atoms with E-state index in [1.807, 2.05) is 18.2 Å². The molecule has 0 bridgehead atoms. The minimum atomic E-state index is -0.842. The van der Waals surface area contributed by atoms with Crippen molar-refractivity contribution < 1.29 is 28.9 Å². The fraction of sp³-hybridized carbons (Fsp3) is 0.250. The molecule has 3 aromatic carbocycles. The van der Waals surface area contributed by atoms with Crippen LogP contribution in [0.4, 0.5) is 10.5 Å². The quantitative estimate of drug-likeness (QED) is 0.249. The molecule has 2 atom stereocenters. The second-order valence-corrected chi connectivity index (χ2v) is 8.35. The van der Waals surface area contributed by atoms with Gasteiger partial charge in [0.05, 0.1) is 12.4 Å². The van der Waals surface area contributed by atoms with E-state index in [2.05, 4.69) is 33.9 Å². The number of anilines is 1. The number of fused-ring (bicyclic) bond motifs is 1. The van der Waals surface area contributed by atoms with Crippen LogP contribution in [0.2, 0.25) is 0 Å². The molecular weight excluding hydrogens is 510 g/mol. The van der Waals surface area contributed by atoms with Gasteiger partial charge in [-0.1, -0.05) is 46.3 Å². The average molecular weight is 534 g/mol. The molecule has 0 fully saturated rings. The number of rotatable bonds is 9. The summed E-state index contributed by atoms with van der Waals surface area (Å²) in [6.45, 7) is 0.0715. The zero-order chi connectivity index (χ0) is 23.8. The summed E-state index contributed by atoms with van der Waals surface area (Å²) in [5.41, 5.74) is 1.22. The Morgan fingerprint density at radius 3 is 2.42 bits per heavy atom. The van der Waals surface area contributed by atoms with Gasteiger partial charge in [-0.25, -0.2) is 4.79 Å². The van der Waals surface area contributed by atoms with Gasteiger partial charge in [-0.3, -0.25) is 10.1 Å². The zero-order valence-electron chi connectivity index (χ0n) is 17.9. The first kappa shape index (κ1) is 24.9. The van der Waals surface area contributed by atoms with Crippen molar-refractivity contribution in [2.75, 3.05) is 24.8 Å². The molecule has 3 aromatic rings. The number of phenols is 1. The smallest absolute Gasteiger partial charge is 0.412 e. The summed E-state index contributed by atoms with van der Waals surface area (Å²) in [4.78, 5) is 24.3. The van der Waals surface area contributed by atoms with Gasteiger partial charge in [0.1, 0.15) is 11.9 Å². The first-order valence-electron chi connectivity index (χ1n) is 10.2. The number of hydrogen-bond acceptors (Lipinski definition) is 7. The topological polar surface area (TPSA) is 94.1 Å². The van der Waals surface area contributed by atoms with Crippen LogP contribution >= 0.6 is 28.6 Å². The monoisotopic (exact) mass is 533 g/mol. The molecule has 0 spiro atoms. The van der Waals surface area contributed by atoms with Crippen LogP contribution in [-0.2, 0) is 19.0 Å². The number of phenolic OH excluding ortho intramolecular Hbond substituents is 1. The molecule has 0 unspecified atom stereocenters. The highest BCUT2D eigenvalue weighted by molar-refractivity contribution is 9.10. The number of halogens is 1. The molecule has 7 nitrogen and oxygen atoms in total. The van der Waals surface area contributed by atoms with Crippen molar-refractivity contribution in [3.63, 3.8) is 0 Å². The van der Waals surface area contributed by atoms with Crippen LogP contribution < -0.4 is 5.32 Å². The lowest BCUT2D eigenvalue weighted by Gasteiger charge is -2.27. The van der Waals surface area contributed by atoms with Gasteiger partial charge in [0.2, 0.25) is 0 Å². The van der Waals surface area contributed by atoms with Crippen LogP contribution in [-0.4, -0.2) is 42.7 Å². The molecule has 9 heteroatoms. The summed E-state index contributed by atoms with van der Waals surface area (Å²) < 4.78 is 17.5. The van der Waals surface area contributed by atoms with E-state index in [4.69, 9.17) is 14.2 Å². The van der Waals surface area contributed by atoms with Gasteiger partial charge in [0, 0.05) is 34.6 Å². The minimum absolute atomic E-state index is 0.0320. The number of nitrogens with one attached hydrogen (secondary N) is 1. The van der Waals surface area contributed by atoms with Crippen LogP contribution in [0.25, 0.3) is 10.8 Å². The first-order valence-corrected chi connectivity index (χ1v) is 11.6. The molecule has 3 rings (SSSR count). The lowest BCUT2D eigenvalue weighted by molar-refractivity contribution is -0.141. The Kier molecular flexibility index (Phi) is 8.99. The Morgan fingerprint density at radius 1 is 1.06 bits per heavy atom. The molecule has 33 heavy (non-hydrogen) atoms. The van der Waals surface area contributed by atoms with Gasteiger partial charge < -0.3 is 19.3 Å². The SMILES string of the molecule is CO[C@H](CCOC(=O)CS)[C@H](OC(=O)Nc1ccc(Br)cc1)c1ccc(O)c2ccccc12. The average Bonchev–Trinajstić information content (AvgIpc) is 2.82. The fourth-order valence-electron chi connectivity index (χ4n) is 3.42. The molecule has 0 saturated carbocycles. The van der Waals surface area contributed by atoms with E-state index in [0.29, 0.717) is 22.0 Å². The predicted octanol–water partition coefficient (Wildman–Crippen LogP) is 5.48. The summed E-state index contributed by atoms with van der Waals surface area (Å²) in [6.07, 6.45) is -1.86. The molecule has 1 amide bonds. The van der Waals surface area contributed by atoms with Gasteiger partial charge in [0.15, 0.2) is 6.10 Å². The van der Waals surface area contributed by atoms with E-state index in [0.717, 1.165) is 4.47 Å². The molecular formula is C24H24BrNO6S. The van der Waals surface area contributed by atoms with Crippen LogP contribution in [0.3, 0.4) is 0 Å². The van der Waals surface area contributed by atoms with Crippen molar-refractivity contribution in [3.8, 4) is 5.75 Å². The standard InChI is InChI=1S/C24H24BrNO6S/c1-30-21(12-13-31-22(28)14-33)23(32-24(29)26-16-8-6-15(25)7-9-16)19-10-11-20(27)18-5-3-2-4-17(18)19/h2-11,21,23,27,33H,12-14H2,1H3,(H,26,29)/t21-,23-/m1/s1. The number of hydrogen-bond donors (Lipinski definition) is 3. The highest BCUT2D eigenvalue weighted by atomic mass is 79.9. The zero-order valence-corrected chi connectivity index (χ0v) is 20.3. The number of methoxy groups -OCH3 is 1. The van der Waals surface area contributed by atoms with Crippen LogP contribution in [0, 0.1) is 0 Å². The molecule has 0 aromatic heterocycles. The lowest BCUT2D eigenvalue weighted by Crippen LogP contribution is -2.29. The van der Waals surface area contributed by atoms with Crippen molar-refractivity contribution in [3.05, 3.63) is 70.7 Å².